The molecule has 0 radical (unpaired) electrons. The summed E-state index contributed by atoms with van der Waals surface area (Å²) in [4.78, 5) is 20.4. The number of aliphatic hydroxyl groups is 1. The van der Waals surface area contributed by atoms with Gasteiger partial charge in [-0.15, -0.1) is 0 Å². The number of aryl methyl sites for hydroxylation is 1. The Balaban J connectivity index is 2.14. The van der Waals surface area contributed by atoms with Crippen molar-refractivity contribution in [1.82, 2.24) is 15.3 Å². The highest BCUT2D eigenvalue weighted by Gasteiger charge is 2.19. The van der Waals surface area contributed by atoms with Gasteiger partial charge in [0.1, 0.15) is 11.6 Å². The summed E-state index contributed by atoms with van der Waals surface area (Å²) in [6, 6.07) is 1.90. The first kappa shape index (κ1) is 13.0. The van der Waals surface area contributed by atoms with Crippen LogP contribution in [-0.4, -0.2) is 47.4 Å². The molecule has 2 heterocycles. The second-order valence-electron chi connectivity index (χ2n) is 4.65. The molecule has 1 aliphatic rings. The SMILES string of the molecule is Cc1nc(N(CCO)CC2CCCN2)cc(=O)[nH]1. The first-order valence-corrected chi connectivity index (χ1v) is 6.36. The summed E-state index contributed by atoms with van der Waals surface area (Å²) >= 11 is 0. The number of aromatic amines is 1. The number of rotatable bonds is 5. The van der Waals surface area contributed by atoms with E-state index >= 15 is 0 Å². The van der Waals surface area contributed by atoms with Gasteiger partial charge >= 0.3 is 0 Å². The first-order valence-electron chi connectivity index (χ1n) is 6.36. The number of hydrogen-bond donors (Lipinski definition) is 3. The molecule has 6 nitrogen and oxygen atoms in total. The van der Waals surface area contributed by atoms with Crippen LogP contribution in [0.4, 0.5) is 5.82 Å². The molecule has 0 spiro atoms. The van der Waals surface area contributed by atoms with Gasteiger partial charge in [0.2, 0.25) is 0 Å². The van der Waals surface area contributed by atoms with Crippen molar-refractivity contribution < 1.29 is 5.11 Å². The molecule has 1 atom stereocenters. The molecule has 3 N–H and O–H groups in total. The second kappa shape index (κ2) is 5.97. The summed E-state index contributed by atoms with van der Waals surface area (Å²) in [6.07, 6.45) is 2.31. The van der Waals surface area contributed by atoms with Crippen molar-refractivity contribution in [1.29, 1.82) is 0 Å². The van der Waals surface area contributed by atoms with Crippen LogP contribution in [0.2, 0.25) is 0 Å². The summed E-state index contributed by atoms with van der Waals surface area (Å²) in [5.74, 6) is 1.24. The van der Waals surface area contributed by atoms with Crippen molar-refractivity contribution in [3.8, 4) is 0 Å². The lowest BCUT2D eigenvalue weighted by molar-refractivity contribution is 0.300. The van der Waals surface area contributed by atoms with E-state index < -0.39 is 0 Å². The standard InChI is InChI=1S/C12H20N4O2/c1-9-14-11(7-12(18)15-9)16(5-6-17)8-10-3-2-4-13-10/h7,10,13,17H,2-6,8H2,1H3,(H,14,15,18). The minimum atomic E-state index is -0.153. The quantitative estimate of drug-likeness (QED) is 0.666. The molecular weight excluding hydrogens is 232 g/mol. The fourth-order valence-electron chi connectivity index (χ4n) is 2.32. The maximum Gasteiger partial charge on any atom is 0.252 e. The van der Waals surface area contributed by atoms with Crippen LogP contribution in [-0.2, 0) is 0 Å². The molecule has 1 aliphatic heterocycles. The van der Waals surface area contributed by atoms with E-state index in [0.717, 1.165) is 19.5 Å². The normalized spacial score (nSPS) is 19.1. The third-order valence-electron chi connectivity index (χ3n) is 3.14. The highest BCUT2D eigenvalue weighted by atomic mass is 16.3. The molecule has 0 saturated carbocycles. The third-order valence-corrected chi connectivity index (χ3v) is 3.14. The molecule has 1 unspecified atom stereocenters. The number of anilines is 1. The zero-order valence-electron chi connectivity index (χ0n) is 10.6. The van der Waals surface area contributed by atoms with Gasteiger partial charge in [-0.25, -0.2) is 4.98 Å². The van der Waals surface area contributed by atoms with Crippen LogP contribution in [0.5, 0.6) is 0 Å². The number of hydrogen-bond acceptors (Lipinski definition) is 5. The van der Waals surface area contributed by atoms with Crippen molar-refractivity contribution in [2.24, 2.45) is 0 Å². The van der Waals surface area contributed by atoms with Crippen molar-refractivity contribution in [3.63, 3.8) is 0 Å². The minimum Gasteiger partial charge on any atom is -0.395 e. The van der Waals surface area contributed by atoms with Crippen molar-refractivity contribution >= 4 is 5.82 Å². The number of aromatic nitrogens is 2. The fourth-order valence-corrected chi connectivity index (χ4v) is 2.32. The number of H-pyrrole nitrogens is 1. The molecule has 0 bridgehead atoms. The maximum atomic E-state index is 11.5. The zero-order valence-corrected chi connectivity index (χ0v) is 10.6. The Kier molecular flexibility index (Phi) is 4.33. The van der Waals surface area contributed by atoms with E-state index in [1.54, 1.807) is 6.92 Å². The van der Waals surface area contributed by atoms with E-state index in [-0.39, 0.29) is 12.2 Å². The Morgan fingerprint density at radius 1 is 1.61 bits per heavy atom. The van der Waals surface area contributed by atoms with E-state index in [2.05, 4.69) is 15.3 Å². The van der Waals surface area contributed by atoms with Gasteiger partial charge in [0, 0.05) is 25.2 Å². The van der Waals surface area contributed by atoms with Gasteiger partial charge in [0.25, 0.3) is 5.56 Å². The molecule has 2 rings (SSSR count). The Bertz CT molecular complexity index is 440. The monoisotopic (exact) mass is 252 g/mol. The molecule has 1 aromatic rings. The highest BCUT2D eigenvalue weighted by molar-refractivity contribution is 5.37. The molecule has 1 aromatic heterocycles. The summed E-state index contributed by atoms with van der Waals surface area (Å²) in [6.45, 7) is 4.13. The fraction of sp³-hybridized carbons (Fsp3) is 0.667. The largest absolute Gasteiger partial charge is 0.395 e. The maximum absolute atomic E-state index is 11.5. The predicted molar refractivity (Wildman–Crippen MR) is 69.9 cm³/mol. The zero-order chi connectivity index (χ0) is 13.0. The van der Waals surface area contributed by atoms with Crippen LogP contribution < -0.4 is 15.8 Å². The minimum absolute atomic E-state index is 0.0558. The van der Waals surface area contributed by atoms with Gasteiger partial charge in [-0.2, -0.15) is 0 Å². The van der Waals surface area contributed by atoms with Crippen LogP contribution in [0.3, 0.4) is 0 Å². The van der Waals surface area contributed by atoms with E-state index in [1.807, 2.05) is 4.90 Å². The topological polar surface area (TPSA) is 81.2 Å². The van der Waals surface area contributed by atoms with Gasteiger partial charge in [0.15, 0.2) is 0 Å². The van der Waals surface area contributed by atoms with Crippen molar-refractivity contribution in [3.05, 3.63) is 22.2 Å². The average Bonchev–Trinajstić information content (AvgIpc) is 2.80. The molecule has 0 aliphatic carbocycles. The van der Waals surface area contributed by atoms with E-state index in [1.165, 1.54) is 12.5 Å². The Morgan fingerprint density at radius 3 is 3.06 bits per heavy atom. The van der Waals surface area contributed by atoms with E-state index in [4.69, 9.17) is 5.11 Å². The molecule has 100 valence electrons. The molecule has 6 heteroatoms. The summed E-state index contributed by atoms with van der Waals surface area (Å²) < 4.78 is 0. The lowest BCUT2D eigenvalue weighted by Gasteiger charge is -2.26. The van der Waals surface area contributed by atoms with Crippen LogP contribution in [0.15, 0.2) is 10.9 Å². The number of nitrogens with zero attached hydrogens (tertiary/aromatic N) is 2. The van der Waals surface area contributed by atoms with Gasteiger partial charge < -0.3 is 20.3 Å². The highest BCUT2D eigenvalue weighted by Crippen LogP contribution is 2.12. The second-order valence-corrected chi connectivity index (χ2v) is 4.65. The molecule has 0 amide bonds. The van der Waals surface area contributed by atoms with Crippen molar-refractivity contribution in [2.45, 2.75) is 25.8 Å². The van der Waals surface area contributed by atoms with Crippen LogP contribution in [0.1, 0.15) is 18.7 Å². The summed E-state index contributed by atoms with van der Waals surface area (Å²) in [7, 11) is 0. The van der Waals surface area contributed by atoms with E-state index in [9.17, 15) is 4.79 Å². The molecule has 1 saturated heterocycles. The predicted octanol–water partition coefficient (Wildman–Crippen LogP) is -0.371. The van der Waals surface area contributed by atoms with Crippen LogP contribution >= 0.6 is 0 Å². The summed E-state index contributed by atoms with van der Waals surface area (Å²) in [5.41, 5.74) is -0.153. The number of nitrogens with one attached hydrogen (secondary N) is 2. The Morgan fingerprint density at radius 2 is 2.44 bits per heavy atom. The molecule has 18 heavy (non-hydrogen) atoms. The molecule has 0 aromatic carbocycles. The van der Waals surface area contributed by atoms with Gasteiger partial charge in [-0.3, -0.25) is 4.79 Å². The first-order chi connectivity index (χ1) is 8.69. The molecule has 1 fully saturated rings. The van der Waals surface area contributed by atoms with Gasteiger partial charge in [-0.05, 0) is 26.3 Å². The Labute approximate surface area is 106 Å². The van der Waals surface area contributed by atoms with Gasteiger partial charge in [-0.1, -0.05) is 0 Å². The smallest absolute Gasteiger partial charge is 0.252 e. The number of aliphatic hydroxyl groups excluding tert-OH is 1. The van der Waals surface area contributed by atoms with Crippen molar-refractivity contribution in [2.75, 3.05) is 31.1 Å². The average molecular weight is 252 g/mol. The van der Waals surface area contributed by atoms with E-state index in [0.29, 0.717) is 24.2 Å². The molecular formula is C12H20N4O2. The Hall–Kier alpha value is -1.40. The van der Waals surface area contributed by atoms with Crippen LogP contribution in [0, 0.1) is 6.92 Å². The third kappa shape index (κ3) is 3.30. The lowest BCUT2D eigenvalue weighted by Crippen LogP contribution is -2.40. The van der Waals surface area contributed by atoms with Crippen LogP contribution in [0.25, 0.3) is 0 Å². The summed E-state index contributed by atoms with van der Waals surface area (Å²) in [5, 5.41) is 12.5. The lowest BCUT2D eigenvalue weighted by atomic mass is 10.2. The van der Waals surface area contributed by atoms with Gasteiger partial charge in [0.05, 0.1) is 6.61 Å².